The van der Waals surface area contributed by atoms with Gasteiger partial charge in [-0.05, 0) is 12.8 Å². The molecule has 0 radical (unpaired) electrons. The van der Waals surface area contributed by atoms with Gasteiger partial charge in [0.25, 0.3) is 0 Å². The van der Waals surface area contributed by atoms with Gasteiger partial charge in [-0.25, -0.2) is 0 Å². The maximum Gasteiger partial charge on any atom is -0.0313 e. The Kier molecular flexibility index (Phi) is 4.70. The van der Waals surface area contributed by atoms with E-state index in [1.807, 2.05) is 24.3 Å². The summed E-state index contributed by atoms with van der Waals surface area (Å²) in [6, 6.07) is 0. The van der Waals surface area contributed by atoms with Crippen LogP contribution in [-0.2, 0) is 0 Å². The van der Waals surface area contributed by atoms with Crippen molar-refractivity contribution in [2.75, 3.05) is 0 Å². The minimum absolute atomic E-state index is 1.12. The van der Waals surface area contributed by atoms with Gasteiger partial charge in [0, 0.05) is 0 Å². The summed E-state index contributed by atoms with van der Waals surface area (Å²) >= 11 is 0. The van der Waals surface area contributed by atoms with Gasteiger partial charge < -0.3 is 0 Å². The normalized spacial score (nSPS) is 30.7. The Morgan fingerprint density at radius 3 is 1.17 bits per heavy atom. The summed E-state index contributed by atoms with van der Waals surface area (Å²) in [5.74, 6) is 0. The fraction of sp³-hybridized carbons (Fsp3) is 0.167. The molecule has 0 aromatic carbocycles. The molecule has 0 bridgehead atoms. The highest BCUT2D eigenvalue weighted by atomic mass is 13.8. The molecule has 0 heteroatoms. The van der Waals surface area contributed by atoms with Crippen LogP contribution in [0.3, 0.4) is 0 Å². The van der Waals surface area contributed by atoms with Gasteiger partial charge >= 0.3 is 0 Å². The van der Waals surface area contributed by atoms with Crippen molar-refractivity contribution in [3.8, 4) is 0 Å². The van der Waals surface area contributed by atoms with Gasteiger partial charge in [0.2, 0.25) is 0 Å². The van der Waals surface area contributed by atoms with Crippen LogP contribution in [0.15, 0.2) is 60.8 Å². The van der Waals surface area contributed by atoms with E-state index in [0.717, 1.165) is 12.8 Å². The predicted octanol–water partition coefficient (Wildman–Crippen LogP) is 3.56. The molecule has 62 valence electrons. The first-order chi connectivity index (χ1) is 6.00. The lowest BCUT2D eigenvalue weighted by Gasteiger charge is -1.84. The van der Waals surface area contributed by atoms with E-state index >= 15 is 0 Å². The first-order valence-corrected chi connectivity index (χ1v) is 4.32. The van der Waals surface area contributed by atoms with Crippen LogP contribution < -0.4 is 0 Å². The van der Waals surface area contributed by atoms with Gasteiger partial charge in [-0.2, -0.15) is 0 Å². The molecule has 0 aromatic rings. The van der Waals surface area contributed by atoms with Crippen molar-refractivity contribution in [2.45, 2.75) is 12.8 Å². The van der Waals surface area contributed by atoms with Gasteiger partial charge in [-0.1, -0.05) is 60.8 Å². The van der Waals surface area contributed by atoms with Crippen LogP contribution in [0.5, 0.6) is 0 Å². The van der Waals surface area contributed by atoms with Crippen molar-refractivity contribution in [2.24, 2.45) is 0 Å². The Morgan fingerprint density at radius 1 is 0.417 bits per heavy atom. The van der Waals surface area contributed by atoms with Gasteiger partial charge in [0.15, 0.2) is 0 Å². The van der Waals surface area contributed by atoms with Gasteiger partial charge in [-0.3, -0.25) is 0 Å². The summed E-state index contributed by atoms with van der Waals surface area (Å²) in [4.78, 5) is 0. The molecule has 0 atom stereocenters. The third kappa shape index (κ3) is 4.51. The molecule has 0 aromatic heterocycles. The Labute approximate surface area is 74.3 Å². The summed E-state index contributed by atoms with van der Waals surface area (Å²) in [5.41, 5.74) is 0. The molecule has 0 saturated heterocycles. The van der Waals surface area contributed by atoms with Crippen molar-refractivity contribution in [3.63, 3.8) is 0 Å². The molecular weight excluding hydrogens is 144 g/mol. The first-order valence-electron chi connectivity index (χ1n) is 4.32. The monoisotopic (exact) mass is 158 g/mol. The van der Waals surface area contributed by atoms with Crippen LogP contribution in [0.25, 0.3) is 0 Å². The summed E-state index contributed by atoms with van der Waals surface area (Å²) in [6.07, 6.45) is 23.0. The summed E-state index contributed by atoms with van der Waals surface area (Å²) in [6.45, 7) is 0. The molecule has 0 fully saturated rings. The molecule has 1 rings (SSSR count). The number of hydrogen-bond acceptors (Lipinski definition) is 0. The molecular formula is C12H14. The first kappa shape index (κ1) is 8.79. The fourth-order valence-electron chi connectivity index (χ4n) is 0.927. The summed E-state index contributed by atoms with van der Waals surface area (Å²) in [5, 5.41) is 0. The molecule has 0 aliphatic heterocycles. The molecule has 0 nitrogen and oxygen atoms in total. The molecule has 0 heterocycles. The second-order valence-electron chi connectivity index (χ2n) is 2.59. The Bertz CT molecular complexity index is 211. The Balaban J connectivity index is 2.55. The SMILES string of the molecule is C1=C\C=C\C=C\CC\C=C/C=C/1. The highest BCUT2D eigenvalue weighted by Crippen LogP contribution is 1.95. The molecule has 0 amide bonds. The topological polar surface area (TPSA) is 0 Å². The van der Waals surface area contributed by atoms with Crippen LogP contribution in [0.1, 0.15) is 12.8 Å². The lowest BCUT2D eigenvalue weighted by molar-refractivity contribution is 1.05. The molecule has 12 heavy (non-hydrogen) atoms. The third-order valence-electron chi connectivity index (χ3n) is 1.55. The van der Waals surface area contributed by atoms with Crippen LogP contribution in [0.4, 0.5) is 0 Å². The van der Waals surface area contributed by atoms with E-state index < -0.39 is 0 Å². The predicted molar refractivity (Wildman–Crippen MR) is 54.9 cm³/mol. The smallest absolute Gasteiger partial charge is 0.0313 e. The van der Waals surface area contributed by atoms with Crippen LogP contribution in [0.2, 0.25) is 0 Å². The number of rotatable bonds is 0. The number of hydrogen-bond donors (Lipinski definition) is 0. The minimum atomic E-state index is 1.12. The zero-order valence-electron chi connectivity index (χ0n) is 7.19. The maximum absolute atomic E-state index is 2.18. The zero-order chi connectivity index (χ0) is 8.49. The molecule has 0 unspecified atom stereocenters. The summed E-state index contributed by atoms with van der Waals surface area (Å²) in [7, 11) is 0. The van der Waals surface area contributed by atoms with E-state index in [1.54, 1.807) is 0 Å². The van der Waals surface area contributed by atoms with Crippen molar-refractivity contribution >= 4 is 0 Å². The minimum Gasteiger partial charge on any atom is -0.0842 e. The van der Waals surface area contributed by atoms with E-state index in [0.29, 0.717) is 0 Å². The quantitative estimate of drug-likeness (QED) is 0.505. The van der Waals surface area contributed by atoms with Crippen molar-refractivity contribution < 1.29 is 0 Å². The van der Waals surface area contributed by atoms with E-state index in [2.05, 4.69) is 36.5 Å². The van der Waals surface area contributed by atoms with Crippen LogP contribution in [0, 0.1) is 0 Å². The van der Waals surface area contributed by atoms with Gasteiger partial charge in [0.05, 0.1) is 0 Å². The van der Waals surface area contributed by atoms with Crippen LogP contribution in [-0.4, -0.2) is 0 Å². The largest absolute Gasteiger partial charge is 0.0842 e. The second-order valence-corrected chi connectivity index (χ2v) is 2.59. The average molecular weight is 158 g/mol. The molecule has 0 N–H and O–H groups in total. The van der Waals surface area contributed by atoms with E-state index in [-0.39, 0.29) is 0 Å². The molecule has 1 aliphatic carbocycles. The lowest BCUT2D eigenvalue weighted by atomic mass is 10.2. The number of allylic oxidation sites excluding steroid dienone is 10. The average Bonchev–Trinajstić information content (AvgIpc) is 2.05. The van der Waals surface area contributed by atoms with Crippen molar-refractivity contribution in [1.29, 1.82) is 0 Å². The van der Waals surface area contributed by atoms with Crippen LogP contribution >= 0.6 is 0 Å². The second kappa shape index (κ2) is 6.41. The highest BCUT2D eigenvalue weighted by Gasteiger charge is 1.74. The zero-order valence-corrected chi connectivity index (χ0v) is 7.19. The molecule has 1 aliphatic rings. The molecule has 0 saturated carbocycles. The van der Waals surface area contributed by atoms with E-state index in [9.17, 15) is 0 Å². The van der Waals surface area contributed by atoms with Gasteiger partial charge in [-0.15, -0.1) is 0 Å². The summed E-state index contributed by atoms with van der Waals surface area (Å²) < 4.78 is 0. The highest BCUT2D eigenvalue weighted by molar-refractivity contribution is 5.18. The lowest BCUT2D eigenvalue weighted by Crippen LogP contribution is -1.64. The van der Waals surface area contributed by atoms with E-state index in [4.69, 9.17) is 0 Å². The fourth-order valence-corrected chi connectivity index (χ4v) is 0.927. The standard InChI is InChI=1S/C12H14/c1-2-4-6-8-10-12-11-9-7-5-3-1/h1-10H,11-12H2/b2-1-,5-3+,6-4+,9-7-,10-8+. The Morgan fingerprint density at radius 2 is 0.750 bits per heavy atom. The third-order valence-corrected chi connectivity index (χ3v) is 1.55. The Hall–Kier alpha value is -1.30. The molecule has 0 spiro atoms. The van der Waals surface area contributed by atoms with Crippen molar-refractivity contribution in [1.82, 2.24) is 0 Å². The van der Waals surface area contributed by atoms with Gasteiger partial charge in [0.1, 0.15) is 0 Å². The maximum atomic E-state index is 2.18. The van der Waals surface area contributed by atoms with E-state index in [1.165, 1.54) is 0 Å². The van der Waals surface area contributed by atoms with Crippen molar-refractivity contribution in [3.05, 3.63) is 60.8 Å².